The van der Waals surface area contributed by atoms with Crippen LogP contribution >= 0.6 is 0 Å². The Kier molecular flexibility index (Phi) is 5.91. The van der Waals surface area contributed by atoms with E-state index in [0.29, 0.717) is 0 Å². The molecule has 1 radical (unpaired) electrons. The molecule has 1 atom stereocenters. The van der Waals surface area contributed by atoms with E-state index >= 15 is 0 Å². The van der Waals surface area contributed by atoms with E-state index < -0.39 is 0 Å². The first-order chi connectivity index (χ1) is 18.3. The van der Waals surface area contributed by atoms with Crippen LogP contribution in [0.3, 0.4) is 0 Å². The molecule has 4 aromatic carbocycles. The topological polar surface area (TPSA) is 9.23 Å². The zero-order valence-corrected chi connectivity index (χ0v) is 23.2. The maximum Gasteiger partial charge on any atom is 0.131 e. The molecule has 38 heavy (non-hydrogen) atoms. The van der Waals surface area contributed by atoms with E-state index in [2.05, 4.69) is 132 Å². The summed E-state index contributed by atoms with van der Waals surface area (Å²) >= 11 is 0. The number of hydrogen-bond donors (Lipinski definition) is 0. The first kappa shape index (κ1) is 24.5. The number of ether oxygens (including phenoxy) is 1. The Morgan fingerprint density at radius 3 is 2.03 bits per heavy atom. The molecule has 0 saturated carbocycles. The molecule has 1 heteroatoms. The molecule has 1 nitrogen and oxygen atoms in total. The molecule has 0 aliphatic heterocycles. The molecule has 0 fully saturated rings. The Balaban J connectivity index is 1.63. The zero-order valence-electron chi connectivity index (χ0n) is 23.2. The average molecular weight is 496 g/mol. The minimum atomic E-state index is -0.0662. The molecular weight excluding hydrogens is 460 g/mol. The molecule has 0 amide bonds. The number of rotatable bonds is 4. The molecule has 189 valence electrons. The fourth-order valence-electron chi connectivity index (χ4n) is 6.42. The van der Waals surface area contributed by atoms with Crippen LogP contribution in [0.15, 0.2) is 96.1 Å². The Labute approximate surface area is 227 Å². The van der Waals surface area contributed by atoms with Gasteiger partial charge in [0.25, 0.3) is 0 Å². The van der Waals surface area contributed by atoms with Gasteiger partial charge in [-0.15, -0.1) is 0 Å². The van der Waals surface area contributed by atoms with Gasteiger partial charge in [0.1, 0.15) is 5.75 Å². The van der Waals surface area contributed by atoms with Crippen molar-refractivity contribution in [1.82, 2.24) is 0 Å². The van der Waals surface area contributed by atoms with Crippen LogP contribution < -0.4 is 4.74 Å². The lowest BCUT2D eigenvalue weighted by atomic mass is 9.77. The summed E-state index contributed by atoms with van der Waals surface area (Å²) in [5.74, 6) is 1.18. The van der Waals surface area contributed by atoms with Crippen molar-refractivity contribution in [3.8, 4) is 28.0 Å². The number of hydrogen-bond acceptors (Lipinski definition) is 1. The van der Waals surface area contributed by atoms with Crippen LogP contribution in [0.4, 0.5) is 0 Å². The van der Waals surface area contributed by atoms with Crippen molar-refractivity contribution < 1.29 is 4.74 Å². The van der Waals surface area contributed by atoms with Gasteiger partial charge in [0, 0.05) is 23.5 Å². The van der Waals surface area contributed by atoms with Crippen molar-refractivity contribution in [3.05, 3.63) is 130 Å². The molecule has 2 aliphatic carbocycles. The van der Waals surface area contributed by atoms with Gasteiger partial charge in [-0.3, -0.25) is 0 Å². The second-order valence-electron chi connectivity index (χ2n) is 11.6. The van der Waals surface area contributed by atoms with E-state index in [1.54, 1.807) is 0 Å². The molecule has 0 N–H and O–H groups in total. The maximum absolute atomic E-state index is 6.19. The monoisotopic (exact) mass is 495 g/mol. The highest BCUT2D eigenvalue weighted by Gasteiger charge is 2.37. The molecule has 2 aliphatic rings. The van der Waals surface area contributed by atoms with Crippen molar-refractivity contribution in [1.29, 1.82) is 0 Å². The number of benzene rings is 4. The van der Waals surface area contributed by atoms with Gasteiger partial charge < -0.3 is 4.74 Å². The van der Waals surface area contributed by atoms with Gasteiger partial charge in [0.2, 0.25) is 0 Å². The van der Waals surface area contributed by atoms with E-state index in [1.807, 2.05) is 7.11 Å². The third-order valence-corrected chi connectivity index (χ3v) is 8.10. The Morgan fingerprint density at radius 1 is 0.737 bits per heavy atom. The lowest BCUT2D eigenvalue weighted by molar-refractivity contribution is 0.399. The van der Waals surface area contributed by atoms with E-state index in [9.17, 15) is 0 Å². The van der Waals surface area contributed by atoms with Gasteiger partial charge in [-0.05, 0) is 69.8 Å². The van der Waals surface area contributed by atoms with Crippen LogP contribution in [-0.2, 0) is 5.41 Å². The van der Waals surface area contributed by atoms with Gasteiger partial charge in [0.15, 0.2) is 0 Å². The SMILES string of the molecule is COc1c(C(C)(C)C)cc2c(c1-c1ccccc1)C=C(C)C2C1=C(C)[CH]c2cccc(-c3ccccc3)c21. The summed E-state index contributed by atoms with van der Waals surface area (Å²) in [5.41, 5.74) is 15.7. The maximum atomic E-state index is 6.19. The number of methoxy groups -OCH3 is 1. The van der Waals surface area contributed by atoms with Gasteiger partial charge in [-0.25, -0.2) is 0 Å². The predicted molar refractivity (Wildman–Crippen MR) is 161 cm³/mol. The summed E-state index contributed by atoms with van der Waals surface area (Å²) in [6.07, 6.45) is 4.77. The van der Waals surface area contributed by atoms with E-state index in [0.717, 1.165) is 5.75 Å². The molecule has 6 rings (SSSR count). The van der Waals surface area contributed by atoms with Crippen LogP contribution in [0.5, 0.6) is 5.75 Å². The largest absolute Gasteiger partial charge is 0.496 e. The summed E-state index contributed by atoms with van der Waals surface area (Å²) in [7, 11) is 1.81. The van der Waals surface area contributed by atoms with Crippen LogP contribution in [0, 0.1) is 6.42 Å². The molecule has 0 heterocycles. The van der Waals surface area contributed by atoms with Crippen molar-refractivity contribution in [3.63, 3.8) is 0 Å². The highest BCUT2D eigenvalue weighted by Crippen LogP contribution is 2.56. The van der Waals surface area contributed by atoms with Crippen LogP contribution in [-0.4, -0.2) is 7.11 Å². The van der Waals surface area contributed by atoms with E-state index in [-0.39, 0.29) is 11.3 Å². The Bertz CT molecular complexity index is 1590. The van der Waals surface area contributed by atoms with Crippen molar-refractivity contribution in [2.45, 2.75) is 46.0 Å². The first-order valence-corrected chi connectivity index (χ1v) is 13.5. The molecule has 0 spiro atoms. The van der Waals surface area contributed by atoms with Crippen LogP contribution in [0.25, 0.3) is 33.9 Å². The van der Waals surface area contributed by atoms with Crippen molar-refractivity contribution >= 4 is 11.6 Å². The fourth-order valence-corrected chi connectivity index (χ4v) is 6.42. The van der Waals surface area contributed by atoms with Gasteiger partial charge >= 0.3 is 0 Å². The second-order valence-corrected chi connectivity index (χ2v) is 11.6. The lowest BCUT2D eigenvalue weighted by Crippen LogP contribution is -2.15. The normalized spacial score (nSPS) is 16.4. The fraction of sp³-hybridized carbons (Fsp3) is 0.216. The summed E-state index contributed by atoms with van der Waals surface area (Å²) in [5, 5.41) is 0. The van der Waals surface area contributed by atoms with E-state index in [1.165, 1.54) is 66.8 Å². The standard InChI is InChI=1S/C37H35O/c1-23-20-27-18-13-19-28(25-14-9-7-10-15-25)34(27)33(23)32-24(2)21-29-30(32)22-31(37(3,4)5)36(38-6)35(29)26-16-11-8-12-17-26/h7-22,32H,1-6H3. The molecule has 1 unspecified atom stereocenters. The third kappa shape index (κ3) is 3.84. The highest BCUT2D eigenvalue weighted by atomic mass is 16.5. The smallest absolute Gasteiger partial charge is 0.131 e. The molecular formula is C37H35O. The minimum absolute atomic E-state index is 0.0662. The highest BCUT2D eigenvalue weighted by molar-refractivity contribution is 5.98. The second kappa shape index (κ2) is 9.17. The molecule has 0 aromatic heterocycles. The van der Waals surface area contributed by atoms with Gasteiger partial charge in [0.05, 0.1) is 7.11 Å². The quantitative estimate of drug-likeness (QED) is 0.274. The third-order valence-electron chi connectivity index (χ3n) is 8.10. The van der Waals surface area contributed by atoms with Gasteiger partial charge in [-0.1, -0.05) is 117 Å². The van der Waals surface area contributed by atoms with Crippen molar-refractivity contribution in [2.75, 3.05) is 7.11 Å². The molecule has 0 saturated heterocycles. The van der Waals surface area contributed by atoms with Gasteiger partial charge in [-0.2, -0.15) is 0 Å². The van der Waals surface area contributed by atoms with Crippen LogP contribution in [0.2, 0.25) is 0 Å². The van der Waals surface area contributed by atoms with E-state index in [4.69, 9.17) is 4.74 Å². The minimum Gasteiger partial charge on any atom is -0.496 e. The lowest BCUT2D eigenvalue weighted by Gasteiger charge is -2.28. The number of allylic oxidation sites excluding steroid dienone is 3. The Hall–Kier alpha value is -3.84. The van der Waals surface area contributed by atoms with Crippen LogP contribution in [0.1, 0.15) is 68.4 Å². The molecule has 4 aromatic rings. The summed E-state index contributed by atoms with van der Waals surface area (Å²) in [6.45, 7) is 11.4. The average Bonchev–Trinajstić information content (AvgIpc) is 3.42. The van der Waals surface area contributed by atoms with Crippen molar-refractivity contribution in [2.24, 2.45) is 0 Å². The summed E-state index contributed by atoms with van der Waals surface area (Å²) < 4.78 is 6.19. The predicted octanol–water partition coefficient (Wildman–Crippen LogP) is 9.87. The molecule has 0 bridgehead atoms. The number of fused-ring (bicyclic) bond motifs is 2. The summed E-state index contributed by atoms with van der Waals surface area (Å²) in [6, 6.07) is 30.7. The Morgan fingerprint density at radius 2 is 1.39 bits per heavy atom. The summed E-state index contributed by atoms with van der Waals surface area (Å²) in [4.78, 5) is 0. The zero-order chi connectivity index (χ0) is 26.6. The first-order valence-electron chi connectivity index (χ1n) is 13.5.